The summed E-state index contributed by atoms with van der Waals surface area (Å²) in [6.45, 7) is 4.64. The molecule has 0 spiro atoms. The SMILES string of the molecule is COc1nc(C(=O)/C(F)=C/N(C)C)c(N(C(=O)O)C(C)(C)C)cc1F. The van der Waals surface area contributed by atoms with Gasteiger partial charge < -0.3 is 14.7 Å². The Bertz CT molecular complexity index is 712. The number of ether oxygens (including phenoxy) is 1. The average Bonchev–Trinajstić information content (AvgIpc) is 2.44. The molecule has 0 aliphatic heterocycles. The highest BCUT2D eigenvalue weighted by Crippen LogP contribution is 2.32. The molecule has 0 aliphatic carbocycles. The topological polar surface area (TPSA) is 83.0 Å². The van der Waals surface area contributed by atoms with Crippen LogP contribution in [0.25, 0.3) is 0 Å². The maximum atomic E-state index is 14.1. The summed E-state index contributed by atoms with van der Waals surface area (Å²) < 4.78 is 32.9. The van der Waals surface area contributed by atoms with Crippen LogP contribution in [0.15, 0.2) is 18.1 Å². The molecule has 1 heterocycles. The van der Waals surface area contributed by atoms with Gasteiger partial charge in [-0.3, -0.25) is 9.69 Å². The van der Waals surface area contributed by atoms with Crippen molar-refractivity contribution in [2.75, 3.05) is 26.1 Å². The minimum Gasteiger partial charge on any atom is -0.479 e. The van der Waals surface area contributed by atoms with Crippen LogP contribution in [0.3, 0.4) is 0 Å². The van der Waals surface area contributed by atoms with Gasteiger partial charge in [-0.25, -0.2) is 18.6 Å². The Hall–Kier alpha value is -2.71. The van der Waals surface area contributed by atoms with Crippen LogP contribution in [-0.2, 0) is 0 Å². The van der Waals surface area contributed by atoms with E-state index in [1.54, 1.807) is 20.8 Å². The molecular formula is C16H21F2N3O4. The maximum Gasteiger partial charge on any atom is 0.412 e. The quantitative estimate of drug-likeness (QED) is 0.644. The molecule has 1 amide bonds. The molecule has 0 unspecified atom stereocenters. The number of carbonyl (C=O) groups excluding carboxylic acids is 1. The van der Waals surface area contributed by atoms with Crippen LogP contribution in [0.4, 0.5) is 19.3 Å². The van der Waals surface area contributed by atoms with Gasteiger partial charge in [-0.1, -0.05) is 0 Å². The van der Waals surface area contributed by atoms with Crippen LogP contribution < -0.4 is 9.64 Å². The molecule has 1 aromatic rings. The van der Waals surface area contributed by atoms with E-state index in [1.807, 2.05) is 0 Å². The number of amides is 1. The molecule has 1 aromatic heterocycles. The number of halogens is 2. The standard InChI is InChI=1S/C16H21F2N3O4/c1-16(2,3)21(15(23)24)11-7-9(17)14(25-6)19-12(11)13(22)10(18)8-20(4)5/h7-8H,1-6H3,(H,23,24)/b10-8-. The fraction of sp³-hybridized carbons (Fsp3) is 0.438. The van der Waals surface area contributed by atoms with Crippen molar-refractivity contribution >= 4 is 17.6 Å². The Kier molecular flexibility index (Phi) is 6.06. The smallest absolute Gasteiger partial charge is 0.412 e. The van der Waals surface area contributed by atoms with Crippen LogP contribution in [0, 0.1) is 5.82 Å². The first-order valence-electron chi connectivity index (χ1n) is 7.26. The van der Waals surface area contributed by atoms with E-state index in [1.165, 1.54) is 19.0 Å². The van der Waals surface area contributed by atoms with Gasteiger partial charge in [0.2, 0.25) is 5.78 Å². The number of methoxy groups -OCH3 is 1. The summed E-state index contributed by atoms with van der Waals surface area (Å²) in [5.41, 5.74) is -1.97. The summed E-state index contributed by atoms with van der Waals surface area (Å²) in [6, 6.07) is 0.793. The van der Waals surface area contributed by atoms with Crippen molar-refractivity contribution in [1.29, 1.82) is 0 Å². The third kappa shape index (κ3) is 4.65. The first-order valence-corrected chi connectivity index (χ1v) is 7.26. The van der Waals surface area contributed by atoms with Gasteiger partial charge in [0.15, 0.2) is 11.6 Å². The Morgan fingerprint density at radius 1 is 1.32 bits per heavy atom. The molecule has 7 nitrogen and oxygen atoms in total. The average molecular weight is 357 g/mol. The molecule has 0 atom stereocenters. The Labute approximate surface area is 144 Å². The number of allylic oxidation sites excluding steroid dienone is 1. The third-order valence-corrected chi connectivity index (χ3v) is 3.02. The molecule has 0 radical (unpaired) electrons. The van der Waals surface area contributed by atoms with Crippen LogP contribution >= 0.6 is 0 Å². The number of rotatable bonds is 5. The number of pyridine rings is 1. The maximum absolute atomic E-state index is 14.1. The first-order chi connectivity index (χ1) is 11.4. The molecule has 0 aromatic carbocycles. The van der Waals surface area contributed by atoms with Crippen molar-refractivity contribution in [3.63, 3.8) is 0 Å². The number of nitrogens with zero attached hydrogens (tertiary/aromatic N) is 3. The van der Waals surface area contributed by atoms with Gasteiger partial charge in [-0.15, -0.1) is 0 Å². The van der Waals surface area contributed by atoms with Crippen molar-refractivity contribution in [2.24, 2.45) is 0 Å². The second-order valence-electron chi connectivity index (χ2n) is 6.41. The zero-order valence-corrected chi connectivity index (χ0v) is 14.9. The number of hydrogen-bond acceptors (Lipinski definition) is 5. The summed E-state index contributed by atoms with van der Waals surface area (Å²) in [7, 11) is 4.14. The van der Waals surface area contributed by atoms with Gasteiger partial charge in [-0.2, -0.15) is 0 Å². The van der Waals surface area contributed by atoms with E-state index in [0.29, 0.717) is 0 Å². The van der Waals surface area contributed by atoms with E-state index in [9.17, 15) is 23.5 Å². The number of hydrogen-bond donors (Lipinski definition) is 1. The minimum absolute atomic E-state index is 0.370. The van der Waals surface area contributed by atoms with E-state index < -0.39 is 40.6 Å². The second kappa shape index (κ2) is 7.45. The lowest BCUT2D eigenvalue weighted by atomic mass is 10.0. The molecule has 0 bridgehead atoms. The van der Waals surface area contributed by atoms with Gasteiger partial charge in [0, 0.05) is 31.9 Å². The third-order valence-electron chi connectivity index (χ3n) is 3.02. The van der Waals surface area contributed by atoms with Gasteiger partial charge in [0.1, 0.15) is 5.69 Å². The van der Waals surface area contributed by atoms with Crippen LogP contribution in [-0.4, -0.2) is 53.6 Å². The lowest BCUT2D eigenvalue weighted by molar-refractivity contribution is 0.0996. The van der Waals surface area contributed by atoms with E-state index in [2.05, 4.69) is 4.98 Å². The number of carbonyl (C=O) groups is 2. The highest BCUT2D eigenvalue weighted by molar-refractivity contribution is 6.11. The molecular weight excluding hydrogens is 336 g/mol. The number of ketones is 1. The summed E-state index contributed by atoms with van der Waals surface area (Å²) in [6.07, 6.45) is -0.531. The molecule has 1 N–H and O–H groups in total. The fourth-order valence-corrected chi connectivity index (χ4v) is 2.09. The van der Waals surface area contributed by atoms with E-state index in [-0.39, 0.29) is 5.69 Å². The van der Waals surface area contributed by atoms with E-state index in [4.69, 9.17) is 4.74 Å². The monoisotopic (exact) mass is 357 g/mol. The van der Waals surface area contributed by atoms with Gasteiger partial charge in [0.05, 0.1) is 12.8 Å². The van der Waals surface area contributed by atoms with Crippen molar-refractivity contribution in [1.82, 2.24) is 9.88 Å². The lowest BCUT2D eigenvalue weighted by Gasteiger charge is -2.33. The molecule has 25 heavy (non-hydrogen) atoms. The van der Waals surface area contributed by atoms with Gasteiger partial charge in [-0.05, 0) is 20.8 Å². The largest absolute Gasteiger partial charge is 0.479 e. The highest BCUT2D eigenvalue weighted by Gasteiger charge is 2.34. The molecule has 0 fully saturated rings. The molecule has 0 saturated carbocycles. The van der Waals surface area contributed by atoms with Crippen molar-refractivity contribution in [2.45, 2.75) is 26.3 Å². The number of aromatic nitrogens is 1. The van der Waals surface area contributed by atoms with Crippen molar-refractivity contribution in [3.05, 3.63) is 29.6 Å². The predicted octanol–water partition coefficient (Wildman–Crippen LogP) is 3.07. The zero-order chi connectivity index (χ0) is 19.5. The number of carboxylic acid groups (broad SMARTS) is 1. The van der Waals surface area contributed by atoms with Crippen molar-refractivity contribution < 1.29 is 28.2 Å². The lowest BCUT2D eigenvalue weighted by Crippen LogP contribution is -2.46. The molecule has 0 aliphatic rings. The van der Waals surface area contributed by atoms with Crippen molar-refractivity contribution in [3.8, 4) is 5.88 Å². The second-order valence-corrected chi connectivity index (χ2v) is 6.41. The summed E-state index contributed by atoms with van der Waals surface area (Å²) in [4.78, 5) is 29.8. The van der Waals surface area contributed by atoms with Crippen LogP contribution in [0.5, 0.6) is 5.88 Å². The molecule has 9 heteroatoms. The molecule has 1 rings (SSSR count). The van der Waals surface area contributed by atoms with Gasteiger partial charge in [0.25, 0.3) is 5.88 Å². The Morgan fingerprint density at radius 2 is 1.88 bits per heavy atom. The minimum atomic E-state index is -1.44. The van der Waals surface area contributed by atoms with Gasteiger partial charge >= 0.3 is 6.09 Å². The van der Waals surface area contributed by atoms with Crippen LogP contribution in [0.1, 0.15) is 31.3 Å². The van der Waals surface area contributed by atoms with Crippen LogP contribution in [0.2, 0.25) is 0 Å². The number of Topliss-reactive ketones (excluding diaryl/α,β-unsaturated/α-hetero) is 1. The summed E-state index contributed by atoms with van der Waals surface area (Å²) in [5, 5.41) is 9.49. The Balaban J connectivity index is 3.70. The molecule has 0 saturated heterocycles. The summed E-state index contributed by atoms with van der Waals surface area (Å²) >= 11 is 0. The first kappa shape index (κ1) is 20.3. The highest BCUT2D eigenvalue weighted by atomic mass is 19.1. The zero-order valence-electron chi connectivity index (χ0n) is 14.9. The normalized spacial score (nSPS) is 11.9. The van der Waals surface area contributed by atoms with E-state index >= 15 is 0 Å². The summed E-state index contributed by atoms with van der Waals surface area (Å²) in [5.74, 6) is -3.87. The van der Waals surface area contributed by atoms with E-state index in [0.717, 1.165) is 24.3 Å². The predicted molar refractivity (Wildman–Crippen MR) is 88.2 cm³/mol. The molecule has 138 valence electrons. The Morgan fingerprint density at radius 3 is 2.28 bits per heavy atom. The fourth-order valence-electron chi connectivity index (χ4n) is 2.09. The number of anilines is 1.